The van der Waals surface area contributed by atoms with E-state index in [1.807, 2.05) is 0 Å². The molecule has 0 saturated carbocycles. The SMILES string of the molecule is c1ccc(-c2ccc(-n3c4ccccc4c4cc5c6cc(-c7ccc8c(c7)c7ccccc7n8-c7ccc8ccccc8c7)ccc6n(-c6cccc(-c7ccccc7)c6)c5cc43)cc2)cc1.c1ccc(-c2cccc(-n3c4ccc(-c5ccc6c(c5)c5ccccc5n6-c5ccc6ccccc6c5)cc4c4ccc5c(c6ccccc6n5-c5ccccc5)c43)c2)cc1. The Morgan fingerprint density at radius 2 is 0.383 bits per heavy atom. The van der Waals surface area contributed by atoms with Crippen LogP contribution < -0.4 is 0 Å². The fourth-order valence-corrected chi connectivity index (χ4v) is 20.9. The number of fused-ring (bicyclic) bond motifs is 21. The van der Waals surface area contributed by atoms with Crippen LogP contribution in [0.5, 0.6) is 0 Å². The minimum absolute atomic E-state index is 1.13. The van der Waals surface area contributed by atoms with E-state index in [2.05, 4.69) is 501 Å². The van der Waals surface area contributed by atoms with E-state index in [4.69, 9.17) is 0 Å². The summed E-state index contributed by atoms with van der Waals surface area (Å²) in [6, 6.07) is 174. The van der Waals surface area contributed by atoms with Crippen LogP contribution in [0.2, 0.25) is 0 Å². The van der Waals surface area contributed by atoms with Crippen molar-refractivity contribution in [1.29, 1.82) is 0 Å². The Morgan fingerprint density at radius 3 is 0.867 bits per heavy atom. The van der Waals surface area contributed by atoms with Gasteiger partial charge in [-0.15, -0.1) is 0 Å². The van der Waals surface area contributed by atoms with Crippen LogP contribution >= 0.6 is 0 Å². The topological polar surface area (TPSA) is 29.6 Å². The van der Waals surface area contributed by atoms with Crippen molar-refractivity contribution in [3.63, 3.8) is 0 Å². The molecule has 6 heterocycles. The quantitative estimate of drug-likeness (QED) is 0.124. The van der Waals surface area contributed by atoms with Gasteiger partial charge >= 0.3 is 0 Å². The Kier molecular flexibility index (Phi) is 16.6. The maximum atomic E-state index is 2.51. The molecule has 0 fully saturated rings. The highest BCUT2D eigenvalue weighted by Gasteiger charge is 2.26. The van der Waals surface area contributed by atoms with Crippen molar-refractivity contribution in [3.8, 4) is 89.8 Å². The number of aromatic nitrogens is 6. The summed E-state index contributed by atoms with van der Waals surface area (Å²) in [6.07, 6.45) is 0. The van der Waals surface area contributed by atoms with Crippen LogP contribution in [-0.4, -0.2) is 27.4 Å². The van der Waals surface area contributed by atoms with E-state index in [1.54, 1.807) is 0 Å². The number of rotatable bonds is 11. The average Bonchev–Trinajstić information content (AvgIpc) is 1.50. The molecule has 6 aromatic heterocycles. The van der Waals surface area contributed by atoms with Crippen molar-refractivity contribution >= 4 is 152 Å². The van der Waals surface area contributed by atoms with Crippen LogP contribution in [0, 0.1) is 0 Å². The third kappa shape index (κ3) is 11.7. The fraction of sp³-hybridized carbons (Fsp3) is 0. The van der Waals surface area contributed by atoms with E-state index in [0.29, 0.717) is 0 Å². The van der Waals surface area contributed by atoms with Crippen molar-refractivity contribution in [2.24, 2.45) is 0 Å². The van der Waals surface area contributed by atoms with E-state index in [0.717, 1.165) is 22.7 Å². The lowest BCUT2D eigenvalue weighted by Gasteiger charge is -2.12. The van der Waals surface area contributed by atoms with Gasteiger partial charge in [0.25, 0.3) is 0 Å². The molecular formula is C122H78N6. The van der Waals surface area contributed by atoms with Gasteiger partial charge in [-0.2, -0.15) is 0 Å². The number of para-hydroxylation sites is 5. The summed E-state index contributed by atoms with van der Waals surface area (Å²) >= 11 is 0. The minimum Gasteiger partial charge on any atom is -0.309 e. The summed E-state index contributed by atoms with van der Waals surface area (Å²) in [7, 11) is 0. The van der Waals surface area contributed by atoms with Gasteiger partial charge in [0.1, 0.15) is 0 Å². The fourth-order valence-electron chi connectivity index (χ4n) is 20.9. The molecule has 0 saturated heterocycles. The van der Waals surface area contributed by atoms with E-state index >= 15 is 0 Å². The monoisotopic (exact) mass is 1630 g/mol. The zero-order valence-electron chi connectivity index (χ0n) is 69.7. The van der Waals surface area contributed by atoms with Crippen LogP contribution in [-0.2, 0) is 0 Å². The highest BCUT2D eigenvalue weighted by molar-refractivity contribution is 6.27. The number of nitrogens with zero attached hydrogens (tertiary/aromatic N) is 6. The highest BCUT2D eigenvalue weighted by Crippen LogP contribution is 2.48. The third-order valence-corrected chi connectivity index (χ3v) is 26.8. The normalized spacial score (nSPS) is 11.9. The molecule has 0 amide bonds. The molecule has 0 aliphatic rings. The summed E-state index contributed by atoms with van der Waals surface area (Å²) in [5, 5.41) is 19.8. The first-order valence-corrected chi connectivity index (χ1v) is 44.1. The Balaban J connectivity index is 0.000000136. The maximum Gasteiger partial charge on any atom is 0.0641 e. The predicted octanol–water partition coefficient (Wildman–Crippen LogP) is 32.6. The van der Waals surface area contributed by atoms with Gasteiger partial charge in [-0.1, -0.05) is 309 Å². The second-order valence-electron chi connectivity index (χ2n) is 33.9. The largest absolute Gasteiger partial charge is 0.309 e. The van der Waals surface area contributed by atoms with Crippen molar-refractivity contribution in [3.05, 3.63) is 473 Å². The molecule has 0 bridgehead atoms. The standard InChI is InChI=1S/C64H41N3.C58H37N3/c1-3-14-42(15-4-1)45-26-31-50(32-27-45)65-59-24-11-10-23-54(59)57-40-58-56-39-49(30-35-62(56)67(64(58)41-63(57)65)51-21-13-20-47(36-51)43-16-5-2-6-17-43)48-29-34-61-55(38-48)53-22-9-12-25-60(53)66(61)52-33-28-44-18-7-8-19-46(44)37-52;1-3-14-38(15-4-1)41-18-13-21-45(34-41)61-55-32-28-43(37-51(55)48-30-33-56-57(58(48)61)49-23-10-12-25-53(49)59(56)44-19-5-2-6-20-44)42-27-31-54-50(36-42)47-22-9-11-24-52(47)60(54)46-29-26-39-16-7-8-17-40(39)35-46/h1-41H;1-37H. The van der Waals surface area contributed by atoms with Crippen LogP contribution in [0.25, 0.3) is 242 Å². The van der Waals surface area contributed by atoms with Gasteiger partial charge in [0.2, 0.25) is 0 Å². The van der Waals surface area contributed by atoms with Crippen LogP contribution in [0.1, 0.15) is 0 Å². The zero-order valence-corrected chi connectivity index (χ0v) is 69.7. The predicted molar refractivity (Wildman–Crippen MR) is 541 cm³/mol. The lowest BCUT2D eigenvalue weighted by molar-refractivity contribution is 1.16. The molecule has 0 spiro atoms. The molecule has 27 rings (SSSR count). The minimum atomic E-state index is 1.13. The Labute approximate surface area is 737 Å². The second kappa shape index (κ2) is 29.3. The Hall–Kier alpha value is -17.1. The van der Waals surface area contributed by atoms with Crippen LogP contribution in [0.15, 0.2) is 473 Å². The van der Waals surface area contributed by atoms with Gasteiger partial charge in [-0.3, -0.25) is 0 Å². The molecular weight excluding hydrogens is 1550 g/mol. The molecule has 0 aliphatic heterocycles. The first-order valence-electron chi connectivity index (χ1n) is 44.1. The molecule has 0 N–H and O–H groups in total. The zero-order chi connectivity index (χ0) is 84.0. The highest BCUT2D eigenvalue weighted by atomic mass is 15.0. The van der Waals surface area contributed by atoms with E-state index in [1.165, 1.54) is 219 Å². The Bertz CT molecular complexity index is 9170. The summed E-state index contributed by atoms with van der Waals surface area (Å²) in [5.41, 5.74) is 33.2. The average molecular weight is 1630 g/mol. The van der Waals surface area contributed by atoms with Gasteiger partial charge in [-0.05, 0) is 241 Å². The maximum absolute atomic E-state index is 2.51. The van der Waals surface area contributed by atoms with Gasteiger partial charge in [0, 0.05) is 98.8 Å². The lowest BCUT2D eigenvalue weighted by atomic mass is 10.00. The van der Waals surface area contributed by atoms with Gasteiger partial charge in [-0.25, -0.2) is 0 Å². The van der Waals surface area contributed by atoms with Gasteiger partial charge in [0.05, 0.1) is 66.2 Å². The molecule has 21 aromatic carbocycles. The Morgan fingerprint density at radius 1 is 0.109 bits per heavy atom. The third-order valence-electron chi connectivity index (χ3n) is 26.8. The first-order chi connectivity index (χ1) is 63.5. The van der Waals surface area contributed by atoms with Gasteiger partial charge < -0.3 is 27.4 Å². The lowest BCUT2D eigenvalue weighted by Crippen LogP contribution is -1.96. The first kappa shape index (κ1) is 72.6. The summed E-state index contributed by atoms with van der Waals surface area (Å²) in [5.74, 6) is 0. The van der Waals surface area contributed by atoms with E-state index in [9.17, 15) is 0 Å². The molecule has 27 aromatic rings. The van der Waals surface area contributed by atoms with Crippen LogP contribution in [0.4, 0.5) is 0 Å². The summed E-state index contributed by atoms with van der Waals surface area (Å²) < 4.78 is 14.7. The molecule has 6 heteroatoms. The molecule has 0 aliphatic carbocycles. The molecule has 596 valence electrons. The van der Waals surface area contributed by atoms with Gasteiger partial charge in [0.15, 0.2) is 0 Å². The van der Waals surface area contributed by atoms with Crippen molar-refractivity contribution in [2.75, 3.05) is 0 Å². The molecule has 0 unspecified atom stereocenters. The smallest absolute Gasteiger partial charge is 0.0641 e. The number of benzene rings is 21. The summed E-state index contributed by atoms with van der Waals surface area (Å²) in [6.45, 7) is 0. The summed E-state index contributed by atoms with van der Waals surface area (Å²) in [4.78, 5) is 0. The molecule has 0 atom stereocenters. The number of hydrogen-bond donors (Lipinski definition) is 0. The second-order valence-corrected chi connectivity index (χ2v) is 33.9. The van der Waals surface area contributed by atoms with Crippen molar-refractivity contribution < 1.29 is 0 Å². The molecule has 6 nitrogen and oxygen atoms in total. The molecule has 0 radical (unpaired) electrons. The van der Waals surface area contributed by atoms with Crippen molar-refractivity contribution in [1.82, 2.24) is 27.4 Å². The molecule has 128 heavy (non-hydrogen) atoms. The van der Waals surface area contributed by atoms with E-state index in [-0.39, 0.29) is 0 Å². The van der Waals surface area contributed by atoms with E-state index < -0.39 is 0 Å². The van der Waals surface area contributed by atoms with Crippen molar-refractivity contribution in [2.45, 2.75) is 0 Å². The van der Waals surface area contributed by atoms with Crippen LogP contribution in [0.3, 0.4) is 0 Å². The number of hydrogen-bond acceptors (Lipinski definition) is 0.